The van der Waals surface area contributed by atoms with Crippen LogP contribution in [0.25, 0.3) is 0 Å². The molecule has 0 atom stereocenters. The van der Waals surface area contributed by atoms with Gasteiger partial charge < -0.3 is 15.4 Å². The van der Waals surface area contributed by atoms with Crippen LogP contribution in [0.1, 0.15) is 22.8 Å². The summed E-state index contributed by atoms with van der Waals surface area (Å²) in [6, 6.07) is 19.0. The van der Waals surface area contributed by atoms with Gasteiger partial charge in [0, 0.05) is 17.3 Å². The molecule has 0 amide bonds. The Morgan fingerprint density at radius 3 is 2.35 bits per heavy atom. The van der Waals surface area contributed by atoms with Crippen molar-refractivity contribution in [2.24, 2.45) is 5.14 Å². The van der Waals surface area contributed by atoms with Crippen molar-refractivity contribution in [3.8, 4) is 0 Å². The van der Waals surface area contributed by atoms with Crippen molar-refractivity contribution in [2.45, 2.75) is 18.4 Å². The number of halogens is 1. The van der Waals surface area contributed by atoms with Crippen LogP contribution < -0.4 is 15.8 Å². The van der Waals surface area contributed by atoms with Crippen LogP contribution in [0, 0.1) is 0 Å². The molecule has 9 heteroatoms. The fourth-order valence-corrected chi connectivity index (χ4v) is 3.77. The van der Waals surface area contributed by atoms with Gasteiger partial charge in [-0.3, -0.25) is 0 Å². The highest BCUT2D eigenvalue weighted by atomic mass is 35.5. The summed E-state index contributed by atoms with van der Waals surface area (Å²) in [5, 5.41) is 12.3. The van der Waals surface area contributed by atoms with E-state index in [1.807, 2.05) is 30.3 Å². The van der Waals surface area contributed by atoms with E-state index >= 15 is 0 Å². The van der Waals surface area contributed by atoms with Gasteiger partial charge in [0.25, 0.3) is 0 Å². The van der Waals surface area contributed by atoms with Crippen LogP contribution in [-0.2, 0) is 21.3 Å². The number of benzene rings is 3. The van der Waals surface area contributed by atoms with Crippen molar-refractivity contribution in [1.29, 1.82) is 0 Å². The quantitative estimate of drug-likeness (QED) is 0.427. The van der Waals surface area contributed by atoms with E-state index in [0.29, 0.717) is 22.9 Å². The molecule has 162 valence electrons. The Bertz CT molecular complexity index is 1170. The maximum absolute atomic E-state index is 12.4. The minimum Gasteiger partial charge on any atom is -0.462 e. The highest BCUT2D eigenvalue weighted by molar-refractivity contribution is 7.89. The molecule has 0 bridgehead atoms. The maximum Gasteiger partial charge on any atom is 0.338 e. The number of nitrogens with two attached hydrogens (primary N) is 1. The molecular formula is C22H22ClN3O4S. The van der Waals surface area contributed by atoms with Crippen molar-refractivity contribution in [1.82, 2.24) is 0 Å². The Labute approximate surface area is 186 Å². The van der Waals surface area contributed by atoms with Gasteiger partial charge in [0.2, 0.25) is 10.0 Å². The molecule has 0 saturated carbocycles. The Kier molecular flexibility index (Phi) is 7.17. The molecular weight excluding hydrogens is 438 g/mol. The van der Waals surface area contributed by atoms with Gasteiger partial charge in [-0.05, 0) is 48.9 Å². The molecule has 0 spiro atoms. The molecule has 4 N–H and O–H groups in total. The number of hydrogen-bond donors (Lipinski definition) is 3. The lowest BCUT2D eigenvalue weighted by Crippen LogP contribution is -2.17. The molecule has 3 aromatic rings. The zero-order chi connectivity index (χ0) is 22.4. The van der Waals surface area contributed by atoms with Gasteiger partial charge in [0.05, 0.1) is 23.5 Å². The van der Waals surface area contributed by atoms with E-state index in [1.165, 1.54) is 12.1 Å². The predicted molar refractivity (Wildman–Crippen MR) is 122 cm³/mol. The molecule has 0 aromatic heterocycles. The number of rotatable bonds is 8. The van der Waals surface area contributed by atoms with Crippen LogP contribution in [0.15, 0.2) is 71.6 Å². The number of hydrogen-bond acceptors (Lipinski definition) is 6. The standard InChI is InChI=1S/C22H22ClN3O4S/c1-2-30-22(27)16-12-19(25-14-15-6-4-3-5-7-15)21(20(13-16)31(24,28)29)26-18-10-8-17(23)9-11-18/h3-13,25-26H,2,14H2,1H3,(H2,24,28,29). The first-order chi connectivity index (χ1) is 14.8. The van der Waals surface area contributed by atoms with Crippen molar-refractivity contribution < 1.29 is 17.9 Å². The lowest BCUT2D eigenvalue weighted by Gasteiger charge is -2.19. The highest BCUT2D eigenvalue weighted by Gasteiger charge is 2.22. The van der Waals surface area contributed by atoms with Gasteiger partial charge in [0.1, 0.15) is 4.90 Å². The molecule has 0 radical (unpaired) electrons. The fraction of sp³-hybridized carbons (Fsp3) is 0.136. The molecule has 0 heterocycles. The predicted octanol–water partition coefficient (Wildman–Crippen LogP) is 4.52. The van der Waals surface area contributed by atoms with Crippen LogP contribution in [0.5, 0.6) is 0 Å². The molecule has 3 rings (SSSR count). The summed E-state index contributed by atoms with van der Waals surface area (Å²) in [4.78, 5) is 12.1. The van der Waals surface area contributed by atoms with Crippen molar-refractivity contribution in [3.63, 3.8) is 0 Å². The van der Waals surface area contributed by atoms with Crippen LogP contribution >= 0.6 is 11.6 Å². The summed E-state index contributed by atoms with van der Waals surface area (Å²) in [6.45, 7) is 2.22. The monoisotopic (exact) mass is 459 g/mol. The fourth-order valence-electron chi connectivity index (χ4n) is 2.91. The maximum atomic E-state index is 12.4. The van der Waals surface area contributed by atoms with E-state index in [0.717, 1.165) is 5.56 Å². The summed E-state index contributed by atoms with van der Waals surface area (Å²) in [7, 11) is -4.17. The average molecular weight is 460 g/mol. The number of anilines is 3. The number of esters is 1. The smallest absolute Gasteiger partial charge is 0.338 e. The molecule has 7 nitrogen and oxygen atoms in total. The Morgan fingerprint density at radius 1 is 1.06 bits per heavy atom. The third-order valence-corrected chi connectivity index (χ3v) is 5.55. The molecule has 0 aliphatic rings. The summed E-state index contributed by atoms with van der Waals surface area (Å²) < 4.78 is 29.8. The van der Waals surface area contributed by atoms with Crippen LogP contribution in [0.4, 0.5) is 17.1 Å². The number of carbonyl (C=O) groups excluding carboxylic acids is 1. The van der Waals surface area contributed by atoms with Crippen molar-refractivity contribution >= 4 is 44.7 Å². The summed E-state index contributed by atoms with van der Waals surface area (Å²) in [5.74, 6) is -0.645. The third-order valence-electron chi connectivity index (χ3n) is 4.36. The van der Waals surface area contributed by atoms with E-state index in [4.69, 9.17) is 21.5 Å². The van der Waals surface area contributed by atoms with E-state index in [1.54, 1.807) is 31.2 Å². The second-order valence-electron chi connectivity index (χ2n) is 6.63. The first-order valence-corrected chi connectivity index (χ1v) is 11.4. The number of nitrogens with one attached hydrogen (secondary N) is 2. The zero-order valence-corrected chi connectivity index (χ0v) is 18.3. The van der Waals surface area contributed by atoms with E-state index in [9.17, 15) is 13.2 Å². The van der Waals surface area contributed by atoms with Crippen LogP contribution in [-0.4, -0.2) is 21.0 Å². The molecule has 3 aromatic carbocycles. The number of sulfonamides is 1. The van der Waals surface area contributed by atoms with Gasteiger partial charge >= 0.3 is 5.97 Å². The molecule has 0 saturated heterocycles. The summed E-state index contributed by atoms with van der Waals surface area (Å²) in [6.07, 6.45) is 0. The number of ether oxygens (including phenoxy) is 1. The normalized spacial score (nSPS) is 11.1. The van der Waals surface area contributed by atoms with Gasteiger partial charge in [-0.1, -0.05) is 41.9 Å². The molecule has 31 heavy (non-hydrogen) atoms. The van der Waals surface area contributed by atoms with Crippen LogP contribution in [0.2, 0.25) is 5.02 Å². The Hall–Kier alpha value is -3.07. The van der Waals surface area contributed by atoms with Crippen molar-refractivity contribution in [3.05, 3.63) is 82.9 Å². The average Bonchev–Trinajstić information content (AvgIpc) is 2.74. The first kappa shape index (κ1) is 22.6. The van der Waals surface area contributed by atoms with Crippen molar-refractivity contribution in [2.75, 3.05) is 17.2 Å². The van der Waals surface area contributed by atoms with Gasteiger partial charge in [-0.15, -0.1) is 0 Å². The highest BCUT2D eigenvalue weighted by Crippen LogP contribution is 2.34. The molecule has 0 unspecified atom stereocenters. The zero-order valence-electron chi connectivity index (χ0n) is 16.8. The van der Waals surface area contributed by atoms with E-state index in [2.05, 4.69) is 10.6 Å². The molecule has 0 aliphatic carbocycles. The first-order valence-electron chi connectivity index (χ1n) is 9.46. The van der Waals surface area contributed by atoms with Gasteiger partial charge in [-0.2, -0.15) is 0 Å². The second-order valence-corrected chi connectivity index (χ2v) is 8.60. The number of primary sulfonamides is 1. The topological polar surface area (TPSA) is 111 Å². The lowest BCUT2D eigenvalue weighted by atomic mass is 10.1. The van der Waals surface area contributed by atoms with Gasteiger partial charge in [-0.25, -0.2) is 18.4 Å². The minimum atomic E-state index is -4.17. The summed E-state index contributed by atoms with van der Waals surface area (Å²) >= 11 is 5.95. The van der Waals surface area contributed by atoms with Crippen LogP contribution in [0.3, 0.4) is 0 Å². The molecule has 0 fully saturated rings. The third kappa shape index (κ3) is 5.97. The lowest BCUT2D eigenvalue weighted by molar-refractivity contribution is 0.0526. The minimum absolute atomic E-state index is 0.0723. The second kappa shape index (κ2) is 9.82. The van der Waals surface area contributed by atoms with E-state index < -0.39 is 16.0 Å². The number of carbonyl (C=O) groups is 1. The van der Waals surface area contributed by atoms with Gasteiger partial charge in [0.15, 0.2) is 0 Å². The van der Waals surface area contributed by atoms with E-state index in [-0.39, 0.29) is 22.8 Å². The molecule has 0 aliphatic heterocycles. The largest absolute Gasteiger partial charge is 0.462 e. The SMILES string of the molecule is CCOC(=O)c1cc(NCc2ccccc2)c(Nc2ccc(Cl)cc2)c(S(N)(=O)=O)c1. The Balaban J connectivity index is 2.10. The Morgan fingerprint density at radius 2 is 1.74 bits per heavy atom. The summed E-state index contributed by atoms with van der Waals surface area (Å²) in [5.41, 5.74) is 2.24.